The molecule has 1 atom stereocenters. The molecule has 0 radical (unpaired) electrons. The van der Waals surface area contributed by atoms with Crippen molar-refractivity contribution in [3.05, 3.63) is 41.8 Å². The fourth-order valence-electron chi connectivity index (χ4n) is 2.81. The average molecular weight is 357 g/mol. The Bertz CT molecular complexity index is 726. The normalized spacial score (nSPS) is 18.7. The Labute approximate surface area is 154 Å². The van der Waals surface area contributed by atoms with Gasteiger partial charge in [0.1, 0.15) is 6.26 Å². The maximum Gasteiger partial charge on any atom is 0.226 e. The van der Waals surface area contributed by atoms with Crippen molar-refractivity contribution in [2.24, 2.45) is 4.99 Å². The zero-order chi connectivity index (χ0) is 18.4. The lowest BCUT2D eigenvalue weighted by molar-refractivity contribution is -0.0161. The molecular weight excluding hydrogens is 330 g/mol. The van der Waals surface area contributed by atoms with Crippen LogP contribution in [-0.4, -0.2) is 62.3 Å². The molecule has 2 aromatic rings. The maximum absolute atomic E-state index is 5.75. The first-order chi connectivity index (χ1) is 12.6. The second-order valence-electron chi connectivity index (χ2n) is 6.57. The number of benzene rings is 1. The molecule has 0 spiro atoms. The Morgan fingerprint density at radius 3 is 2.85 bits per heavy atom. The number of likely N-dealkylation sites (N-methyl/N-ethyl adjacent to an activating group) is 1. The molecule has 26 heavy (non-hydrogen) atoms. The monoisotopic (exact) mass is 357 g/mol. The number of nitrogens with zero attached hydrogens (tertiary/aromatic N) is 3. The van der Waals surface area contributed by atoms with E-state index in [4.69, 9.17) is 9.15 Å². The minimum absolute atomic E-state index is 0.174. The Kier molecular flexibility index (Phi) is 6.25. The van der Waals surface area contributed by atoms with Crippen molar-refractivity contribution in [3.63, 3.8) is 0 Å². The van der Waals surface area contributed by atoms with E-state index in [1.165, 1.54) is 5.56 Å². The van der Waals surface area contributed by atoms with Gasteiger partial charge in [-0.3, -0.25) is 4.99 Å². The summed E-state index contributed by atoms with van der Waals surface area (Å²) in [6, 6.07) is 8.13. The van der Waals surface area contributed by atoms with Crippen molar-refractivity contribution in [1.29, 1.82) is 0 Å². The van der Waals surface area contributed by atoms with E-state index in [2.05, 4.69) is 39.5 Å². The van der Waals surface area contributed by atoms with E-state index in [-0.39, 0.29) is 6.10 Å². The van der Waals surface area contributed by atoms with Gasteiger partial charge in [-0.2, -0.15) is 0 Å². The van der Waals surface area contributed by atoms with Crippen molar-refractivity contribution in [2.75, 3.05) is 40.3 Å². The first-order valence-corrected chi connectivity index (χ1v) is 8.90. The van der Waals surface area contributed by atoms with Crippen molar-refractivity contribution in [1.82, 2.24) is 20.5 Å². The van der Waals surface area contributed by atoms with Gasteiger partial charge in [0, 0.05) is 32.2 Å². The van der Waals surface area contributed by atoms with Crippen LogP contribution in [0.15, 0.2) is 39.9 Å². The predicted molar refractivity (Wildman–Crippen MR) is 102 cm³/mol. The maximum atomic E-state index is 5.75. The molecule has 1 fully saturated rings. The molecule has 2 heterocycles. The Morgan fingerprint density at radius 2 is 2.12 bits per heavy atom. The Hall–Kier alpha value is -2.38. The van der Waals surface area contributed by atoms with Crippen LogP contribution in [0.25, 0.3) is 11.5 Å². The van der Waals surface area contributed by atoms with E-state index in [1.54, 1.807) is 13.3 Å². The highest BCUT2D eigenvalue weighted by molar-refractivity contribution is 5.79. The number of ether oxygens (including phenoxy) is 1. The quantitative estimate of drug-likeness (QED) is 0.626. The van der Waals surface area contributed by atoms with E-state index in [0.717, 1.165) is 43.5 Å². The van der Waals surface area contributed by atoms with Crippen molar-refractivity contribution < 1.29 is 9.15 Å². The molecule has 0 aliphatic carbocycles. The van der Waals surface area contributed by atoms with Crippen LogP contribution >= 0.6 is 0 Å². The third-order valence-electron chi connectivity index (χ3n) is 4.35. The number of hydrogen-bond acceptors (Lipinski definition) is 5. The van der Waals surface area contributed by atoms with Crippen LogP contribution in [-0.2, 0) is 11.3 Å². The van der Waals surface area contributed by atoms with Gasteiger partial charge in [-0.1, -0.05) is 17.7 Å². The highest BCUT2D eigenvalue weighted by Gasteiger charge is 2.17. The van der Waals surface area contributed by atoms with E-state index in [1.807, 2.05) is 24.3 Å². The summed E-state index contributed by atoms with van der Waals surface area (Å²) >= 11 is 0. The summed E-state index contributed by atoms with van der Waals surface area (Å²) in [5, 5.41) is 6.56. The molecule has 0 bridgehead atoms. The smallest absolute Gasteiger partial charge is 0.226 e. The van der Waals surface area contributed by atoms with Gasteiger partial charge in [-0.25, -0.2) is 4.98 Å². The molecule has 1 unspecified atom stereocenters. The number of aryl methyl sites for hydroxylation is 1. The minimum Gasteiger partial charge on any atom is -0.444 e. The SMILES string of the molecule is CN=C(NCc1coc(-c2ccc(C)cc2)n1)NCC1CN(C)CCO1. The summed E-state index contributed by atoms with van der Waals surface area (Å²) in [4.78, 5) is 11.1. The zero-order valence-corrected chi connectivity index (χ0v) is 15.7. The summed E-state index contributed by atoms with van der Waals surface area (Å²) in [5.74, 6) is 1.35. The summed E-state index contributed by atoms with van der Waals surface area (Å²) in [7, 11) is 3.86. The number of aromatic nitrogens is 1. The van der Waals surface area contributed by atoms with Gasteiger partial charge in [-0.15, -0.1) is 0 Å². The lowest BCUT2D eigenvalue weighted by Gasteiger charge is -2.30. The topological polar surface area (TPSA) is 74.9 Å². The van der Waals surface area contributed by atoms with Crippen molar-refractivity contribution in [2.45, 2.75) is 19.6 Å². The summed E-state index contributed by atoms with van der Waals surface area (Å²) < 4.78 is 11.3. The van der Waals surface area contributed by atoms with E-state index < -0.39 is 0 Å². The van der Waals surface area contributed by atoms with Gasteiger partial charge in [0.05, 0.1) is 24.9 Å². The van der Waals surface area contributed by atoms with Crippen molar-refractivity contribution in [3.8, 4) is 11.5 Å². The lowest BCUT2D eigenvalue weighted by atomic mass is 10.1. The van der Waals surface area contributed by atoms with Crippen LogP contribution in [0.2, 0.25) is 0 Å². The lowest BCUT2D eigenvalue weighted by Crippen LogP contribution is -2.48. The Morgan fingerprint density at radius 1 is 1.31 bits per heavy atom. The fourth-order valence-corrected chi connectivity index (χ4v) is 2.81. The number of aliphatic imine (C=N–C) groups is 1. The van der Waals surface area contributed by atoms with Crippen LogP contribution in [0.1, 0.15) is 11.3 Å². The number of nitrogens with one attached hydrogen (secondary N) is 2. The van der Waals surface area contributed by atoms with Gasteiger partial charge in [0.2, 0.25) is 5.89 Å². The van der Waals surface area contributed by atoms with E-state index >= 15 is 0 Å². The van der Waals surface area contributed by atoms with Gasteiger partial charge >= 0.3 is 0 Å². The van der Waals surface area contributed by atoms with E-state index in [0.29, 0.717) is 12.4 Å². The largest absolute Gasteiger partial charge is 0.444 e. The zero-order valence-electron chi connectivity index (χ0n) is 15.7. The molecular formula is C19H27N5O2. The average Bonchev–Trinajstić information content (AvgIpc) is 3.11. The molecule has 7 nitrogen and oxygen atoms in total. The van der Waals surface area contributed by atoms with Gasteiger partial charge in [0.15, 0.2) is 5.96 Å². The molecule has 0 saturated carbocycles. The van der Waals surface area contributed by atoms with Crippen molar-refractivity contribution >= 4 is 5.96 Å². The summed E-state index contributed by atoms with van der Waals surface area (Å²) in [6.07, 6.45) is 1.85. The van der Waals surface area contributed by atoms with Gasteiger partial charge in [0.25, 0.3) is 0 Å². The molecule has 0 amide bonds. The molecule has 1 aliphatic rings. The second-order valence-corrected chi connectivity index (χ2v) is 6.57. The Balaban J connectivity index is 1.48. The predicted octanol–water partition coefficient (Wildman–Crippen LogP) is 1.65. The number of oxazole rings is 1. The third-order valence-corrected chi connectivity index (χ3v) is 4.35. The summed E-state index contributed by atoms with van der Waals surface area (Å²) in [6.45, 7) is 6.00. The van der Waals surface area contributed by atoms with Gasteiger partial charge < -0.3 is 24.7 Å². The standard InChI is InChI=1S/C19H27N5O2/c1-14-4-6-15(7-5-14)18-23-16(13-26-18)10-21-19(20-2)22-11-17-12-24(3)8-9-25-17/h4-7,13,17H,8-12H2,1-3H3,(H2,20,21,22). The fraction of sp³-hybridized carbons (Fsp3) is 0.474. The van der Waals surface area contributed by atoms with E-state index in [9.17, 15) is 0 Å². The highest BCUT2D eigenvalue weighted by atomic mass is 16.5. The van der Waals surface area contributed by atoms with Crippen LogP contribution in [0.5, 0.6) is 0 Å². The van der Waals surface area contributed by atoms with Crippen LogP contribution in [0.3, 0.4) is 0 Å². The molecule has 2 N–H and O–H groups in total. The molecule has 1 aromatic carbocycles. The molecule has 1 aromatic heterocycles. The molecule has 7 heteroatoms. The van der Waals surface area contributed by atoms with Crippen LogP contribution in [0, 0.1) is 6.92 Å². The molecule has 3 rings (SSSR count). The third kappa shape index (κ3) is 5.06. The number of rotatable bonds is 5. The number of morpholine rings is 1. The van der Waals surface area contributed by atoms with Crippen LogP contribution in [0.4, 0.5) is 0 Å². The number of hydrogen-bond donors (Lipinski definition) is 2. The summed E-state index contributed by atoms with van der Waals surface area (Å²) in [5.41, 5.74) is 3.02. The second kappa shape index (κ2) is 8.82. The van der Waals surface area contributed by atoms with Gasteiger partial charge in [-0.05, 0) is 26.1 Å². The first kappa shape index (κ1) is 18.4. The highest BCUT2D eigenvalue weighted by Crippen LogP contribution is 2.18. The molecule has 140 valence electrons. The minimum atomic E-state index is 0.174. The first-order valence-electron chi connectivity index (χ1n) is 8.90. The molecule has 1 aliphatic heterocycles. The molecule has 1 saturated heterocycles. The van der Waals surface area contributed by atoms with Crippen LogP contribution < -0.4 is 10.6 Å². The number of guanidine groups is 1.